The van der Waals surface area contributed by atoms with Crippen molar-refractivity contribution in [2.24, 2.45) is 0 Å². The fraction of sp³-hybridized carbons (Fsp3) is 0.273. The Labute approximate surface area is 97.5 Å². The molecule has 0 bridgehead atoms. The van der Waals surface area contributed by atoms with Gasteiger partial charge in [-0.3, -0.25) is 0 Å². The van der Waals surface area contributed by atoms with Crippen LogP contribution in [-0.4, -0.2) is 33.4 Å². The van der Waals surface area contributed by atoms with E-state index in [-0.39, 0.29) is 17.7 Å². The summed E-state index contributed by atoms with van der Waals surface area (Å²) in [7, 11) is 0. The van der Waals surface area contributed by atoms with E-state index in [2.05, 4.69) is 5.32 Å². The van der Waals surface area contributed by atoms with Crippen LogP contribution in [0.4, 0.5) is 4.79 Å². The van der Waals surface area contributed by atoms with Crippen LogP contribution in [0.1, 0.15) is 22.8 Å². The highest BCUT2D eigenvalue weighted by Crippen LogP contribution is 2.18. The number of hydrogen-bond acceptors (Lipinski definition) is 3. The lowest BCUT2D eigenvalue weighted by Crippen LogP contribution is -2.33. The molecule has 6 heteroatoms. The van der Waals surface area contributed by atoms with Crippen LogP contribution < -0.4 is 5.32 Å². The molecule has 0 spiro atoms. The summed E-state index contributed by atoms with van der Waals surface area (Å²) in [5.41, 5.74) is 0.445. The summed E-state index contributed by atoms with van der Waals surface area (Å²) in [4.78, 5) is 21.3. The van der Waals surface area contributed by atoms with Crippen LogP contribution in [-0.2, 0) is 6.42 Å². The van der Waals surface area contributed by atoms with Crippen molar-refractivity contribution >= 4 is 12.1 Å². The van der Waals surface area contributed by atoms with Crippen molar-refractivity contribution in [2.45, 2.75) is 19.4 Å². The van der Waals surface area contributed by atoms with Gasteiger partial charge in [0.15, 0.2) is 0 Å². The van der Waals surface area contributed by atoms with Crippen LogP contribution in [0.5, 0.6) is 5.75 Å². The van der Waals surface area contributed by atoms with Gasteiger partial charge < -0.3 is 20.6 Å². The summed E-state index contributed by atoms with van der Waals surface area (Å²) in [6, 6.07) is 3.58. The average molecular weight is 239 g/mol. The van der Waals surface area contributed by atoms with Crippen molar-refractivity contribution in [3.63, 3.8) is 0 Å². The highest BCUT2D eigenvalue weighted by molar-refractivity contribution is 5.90. The van der Waals surface area contributed by atoms with Gasteiger partial charge in [-0.1, -0.05) is 6.07 Å². The second-order valence-electron chi connectivity index (χ2n) is 3.70. The lowest BCUT2D eigenvalue weighted by Gasteiger charge is -2.13. The average Bonchev–Trinajstić information content (AvgIpc) is 2.19. The minimum absolute atomic E-state index is 0.0240. The molecule has 0 aliphatic carbocycles. The SMILES string of the molecule is C[C@@H](Cc1ccc(O)cc1C(=O)O)NC(=O)O. The van der Waals surface area contributed by atoms with E-state index in [1.807, 2.05) is 0 Å². The lowest BCUT2D eigenvalue weighted by molar-refractivity contribution is 0.0695. The number of benzene rings is 1. The normalized spacial score (nSPS) is 11.8. The van der Waals surface area contributed by atoms with Gasteiger partial charge in [0.1, 0.15) is 5.75 Å². The first-order chi connectivity index (χ1) is 7.90. The van der Waals surface area contributed by atoms with Crippen molar-refractivity contribution in [1.82, 2.24) is 5.32 Å². The summed E-state index contributed by atoms with van der Waals surface area (Å²) in [5.74, 6) is -1.29. The van der Waals surface area contributed by atoms with Gasteiger partial charge in [0.2, 0.25) is 0 Å². The van der Waals surface area contributed by atoms with Gasteiger partial charge in [0, 0.05) is 6.04 Å². The standard InChI is InChI=1S/C11H13NO5/c1-6(12-11(16)17)4-7-2-3-8(13)5-9(7)10(14)15/h2-3,5-6,12-13H,4H2,1H3,(H,14,15)(H,16,17)/t6-/m0/s1. The first-order valence-corrected chi connectivity index (χ1v) is 4.94. The van der Waals surface area contributed by atoms with Crippen molar-refractivity contribution in [2.75, 3.05) is 0 Å². The number of nitrogens with one attached hydrogen (secondary N) is 1. The van der Waals surface area contributed by atoms with Crippen LogP contribution >= 0.6 is 0 Å². The molecule has 0 aromatic heterocycles. The predicted molar refractivity (Wildman–Crippen MR) is 59.4 cm³/mol. The fourth-order valence-electron chi connectivity index (χ4n) is 1.53. The van der Waals surface area contributed by atoms with Crippen LogP contribution in [0.25, 0.3) is 0 Å². The number of aromatic carboxylic acids is 1. The van der Waals surface area contributed by atoms with Crippen molar-refractivity contribution in [3.05, 3.63) is 29.3 Å². The molecule has 0 aliphatic rings. The maximum atomic E-state index is 10.9. The maximum absolute atomic E-state index is 10.9. The quantitative estimate of drug-likeness (QED) is 0.633. The van der Waals surface area contributed by atoms with E-state index in [0.29, 0.717) is 5.56 Å². The van der Waals surface area contributed by atoms with E-state index in [1.54, 1.807) is 6.92 Å². The Morgan fingerprint density at radius 2 is 2.00 bits per heavy atom. The second-order valence-corrected chi connectivity index (χ2v) is 3.70. The number of carbonyl (C=O) groups is 2. The number of carboxylic acids is 1. The van der Waals surface area contributed by atoms with E-state index in [1.165, 1.54) is 12.1 Å². The molecule has 1 aromatic carbocycles. The Morgan fingerprint density at radius 3 is 2.53 bits per heavy atom. The Bertz CT molecular complexity index is 443. The van der Waals surface area contributed by atoms with Crippen LogP contribution in [0.15, 0.2) is 18.2 Å². The molecule has 0 heterocycles. The van der Waals surface area contributed by atoms with E-state index in [4.69, 9.17) is 10.2 Å². The minimum Gasteiger partial charge on any atom is -0.508 e. The summed E-state index contributed by atoms with van der Waals surface area (Å²) in [5, 5.41) is 28.9. The minimum atomic E-state index is -1.16. The van der Waals surface area contributed by atoms with E-state index in [0.717, 1.165) is 6.07 Å². The molecule has 0 aliphatic heterocycles. The molecule has 1 aromatic rings. The third kappa shape index (κ3) is 3.67. The first kappa shape index (κ1) is 12.8. The van der Waals surface area contributed by atoms with Gasteiger partial charge in [-0.05, 0) is 31.0 Å². The molecule has 0 saturated carbocycles. The number of aromatic hydroxyl groups is 1. The van der Waals surface area contributed by atoms with Gasteiger partial charge in [-0.25, -0.2) is 9.59 Å². The Balaban J connectivity index is 2.90. The predicted octanol–water partition coefficient (Wildman–Crippen LogP) is 1.29. The molecule has 17 heavy (non-hydrogen) atoms. The molecule has 0 fully saturated rings. The molecule has 1 amide bonds. The summed E-state index contributed by atoms with van der Waals surface area (Å²) in [6.07, 6.45) is -0.915. The monoisotopic (exact) mass is 239 g/mol. The van der Waals surface area contributed by atoms with Gasteiger partial charge in [-0.15, -0.1) is 0 Å². The van der Waals surface area contributed by atoms with Crippen molar-refractivity contribution < 1.29 is 24.9 Å². The Kier molecular flexibility index (Phi) is 3.92. The van der Waals surface area contributed by atoms with Crippen LogP contribution in [0.3, 0.4) is 0 Å². The van der Waals surface area contributed by atoms with Gasteiger partial charge in [-0.2, -0.15) is 0 Å². The number of phenols is 1. The molecule has 6 nitrogen and oxygen atoms in total. The van der Waals surface area contributed by atoms with Crippen molar-refractivity contribution in [3.8, 4) is 5.75 Å². The van der Waals surface area contributed by atoms with E-state index in [9.17, 15) is 14.7 Å². The van der Waals surface area contributed by atoms with Gasteiger partial charge >= 0.3 is 12.1 Å². The fourth-order valence-corrected chi connectivity index (χ4v) is 1.53. The number of amides is 1. The van der Waals surface area contributed by atoms with Gasteiger partial charge in [0.05, 0.1) is 5.56 Å². The molecular formula is C11H13NO5. The second kappa shape index (κ2) is 5.20. The summed E-state index contributed by atoms with van der Waals surface area (Å²) < 4.78 is 0. The van der Waals surface area contributed by atoms with Crippen LogP contribution in [0.2, 0.25) is 0 Å². The van der Waals surface area contributed by atoms with Gasteiger partial charge in [0.25, 0.3) is 0 Å². The van der Waals surface area contributed by atoms with Crippen molar-refractivity contribution in [1.29, 1.82) is 0 Å². The Hall–Kier alpha value is -2.24. The highest BCUT2D eigenvalue weighted by Gasteiger charge is 2.14. The number of hydrogen-bond donors (Lipinski definition) is 4. The molecule has 92 valence electrons. The molecule has 1 rings (SSSR count). The number of rotatable bonds is 4. The van der Waals surface area contributed by atoms with E-state index >= 15 is 0 Å². The summed E-state index contributed by atoms with van der Waals surface area (Å²) >= 11 is 0. The molecule has 4 N–H and O–H groups in total. The zero-order chi connectivity index (χ0) is 13.0. The summed E-state index contributed by atoms with van der Waals surface area (Å²) in [6.45, 7) is 1.63. The zero-order valence-corrected chi connectivity index (χ0v) is 9.17. The number of phenolic OH excluding ortho intramolecular Hbond substituents is 1. The molecule has 1 atom stereocenters. The topological polar surface area (TPSA) is 107 Å². The molecular weight excluding hydrogens is 226 g/mol. The maximum Gasteiger partial charge on any atom is 0.404 e. The molecule has 0 radical (unpaired) electrons. The number of carboxylic acid groups (broad SMARTS) is 2. The zero-order valence-electron chi connectivity index (χ0n) is 9.17. The Morgan fingerprint density at radius 1 is 1.35 bits per heavy atom. The largest absolute Gasteiger partial charge is 0.508 e. The van der Waals surface area contributed by atoms with Crippen LogP contribution in [0, 0.1) is 0 Å². The third-order valence-electron chi connectivity index (χ3n) is 2.22. The molecule has 0 saturated heterocycles. The first-order valence-electron chi connectivity index (χ1n) is 4.94. The lowest BCUT2D eigenvalue weighted by atomic mass is 10.0. The van der Waals surface area contributed by atoms with E-state index < -0.39 is 18.1 Å². The third-order valence-corrected chi connectivity index (χ3v) is 2.22. The smallest absolute Gasteiger partial charge is 0.404 e. The molecule has 0 unspecified atom stereocenters. The highest BCUT2D eigenvalue weighted by atomic mass is 16.4.